The number of likely N-dealkylation sites (tertiary alicyclic amines) is 1. The normalized spacial score (nSPS) is 21.2. The van der Waals surface area contributed by atoms with Crippen LogP contribution in [0.5, 0.6) is 5.75 Å². The predicted octanol–water partition coefficient (Wildman–Crippen LogP) is 5.66. The summed E-state index contributed by atoms with van der Waals surface area (Å²) < 4.78 is 12.2. The van der Waals surface area contributed by atoms with Gasteiger partial charge < -0.3 is 19.4 Å². The first kappa shape index (κ1) is 24.4. The van der Waals surface area contributed by atoms with Crippen LogP contribution in [0.3, 0.4) is 0 Å². The molecule has 1 aliphatic carbocycles. The number of aliphatic hydroxyl groups is 1. The van der Waals surface area contributed by atoms with Crippen molar-refractivity contribution in [2.45, 2.75) is 43.9 Å². The van der Waals surface area contributed by atoms with Crippen LogP contribution in [-0.2, 0) is 11.2 Å². The van der Waals surface area contributed by atoms with Crippen molar-refractivity contribution in [1.29, 1.82) is 0 Å². The Morgan fingerprint density at radius 2 is 1.71 bits per heavy atom. The van der Waals surface area contributed by atoms with Crippen molar-refractivity contribution >= 4 is 5.97 Å². The maximum Gasteiger partial charge on any atom is 0.341 e. The van der Waals surface area contributed by atoms with Crippen LogP contribution in [0.1, 0.15) is 48.4 Å². The third-order valence-corrected chi connectivity index (χ3v) is 7.56. The van der Waals surface area contributed by atoms with Gasteiger partial charge in [0.05, 0.1) is 18.2 Å². The molecule has 194 valence electrons. The molecule has 1 aromatic heterocycles. The summed E-state index contributed by atoms with van der Waals surface area (Å²) >= 11 is 0. The topological polar surface area (TPSA) is 96.0 Å². The summed E-state index contributed by atoms with van der Waals surface area (Å²) in [5.41, 5.74) is 4.73. The number of nitrogens with zero attached hydrogens (tertiary/aromatic N) is 2. The zero-order valence-corrected chi connectivity index (χ0v) is 21.0. The Bertz CT molecular complexity index is 1360. The third-order valence-electron chi connectivity index (χ3n) is 7.56. The third kappa shape index (κ3) is 4.59. The van der Waals surface area contributed by atoms with Gasteiger partial charge in [0.25, 0.3) is 0 Å². The van der Waals surface area contributed by atoms with Crippen LogP contribution in [0.15, 0.2) is 83.3 Å². The van der Waals surface area contributed by atoms with Gasteiger partial charge in [-0.3, -0.25) is 4.90 Å². The van der Waals surface area contributed by atoms with Crippen LogP contribution in [0, 0.1) is 0 Å². The first-order valence-electron chi connectivity index (χ1n) is 13.1. The summed E-state index contributed by atoms with van der Waals surface area (Å²) in [5, 5.41) is 20.3. The molecule has 38 heavy (non-hydrogen) atoms. The number of carboxylic acids is 1. The highest BCUT2D eigenvalue weighted by molar-refractivity contribution is 5.76. The van der Waals surface area contributed by atoms with Crippen LogP contribution in [0.25, 0.3) is 22.6 Å². The van der Waals surface area contributed by atoms with Gasteiger partial charge in [-0.25, -0.2) is 9.78 Å². The first-order valence-corrected chi connectivity index (χ1v) is 13.1. The lowest BCUT2D eigenvalue weighted by Crippen LogP contribution is -2.39. The Morgan fingerprint density at radius 3 is 2.45 bits per heavy atom. The molecule has 1 aliphatic heterocycles. The predicted molar refractivity (Wildman–Crippen MR) is 143 cm³/mol. The van der Waals surface area contributed by atoms with Crippen molar-refractivity contribution in [3.8, 4) is 28.3 Å². The SMILES string of the molecule is O=C(O)COc1cccc2c1CCC(O)C2N1CCCC1c1nc(-c2ccccc2)c(-c2ccccc2)o1. The highest BCUT2D eigenvalue weighted by Crippen LogP contribution is 2.46. The zero-order chi connectivity index (χ0) is 26.1. The molecule has 0 amide bonds. The van der Waals surface area contributed by atoms with E-state index < -0.39 is 18.7 Å². The van der Waals surface area contributed by atoms with Gasteiger partial charge in [-0.05, 0) is 49.4 Å². The number of aliphatic carboxylic acids is 1. The van der Waals surface area contributed by atoms with E-state index >= 15 is 0 Å². The number of hydrogen-bond donors (Lipinski definition) is 2. The number of aromatic nitrogens is 1. The fourth-order valence-corrected chi connectivity index (χ4v) is 5.90. The van der Waals surface area contributed by atoms with Gasteiger partial charge in [0.2, 0.25) is 5.89 Å². The minimum Gasteiger partial charge on any atom is -0.482 e. The zero-order valence-electron chi connectivity index (χ0n) is 21.0. The number of aliphatic hydroxyl groups excluding tert-OH is 1. The Labute approximate surface area is 221 Å². The number of benzene rings is 3. The summed E-state index contributed by atoms with van der Waals surface area (Å²) in [4.78, 5) is 18.5. The molecule has 4 aromatic rings. The molecule has 7 heteroatoms. The van der Waals surface area contributed by atoms with Crippen molar-refractivity contribution in [2.75, 3.05) is 13.2 Å². The smallest absolute Gasteiger partial charge is 0.341 e. The monoisotopic (exact) mass is 510 g/mol. The molecule has 0 spiro atoms. The van der Waals surface area contributed by atoms with Crippen molar-refractivity contribution < 1.29 is 24.2 Å². The summed E-state index contributed by atoms with van der Waals surface area (Å²) in [6, 6.07) is 25.5. The fourth-order valence-electron chi connectivity index (χ4n) is 5.90. The molecule has 3 unspecified atom stereocenters. The highest BCUT2D eigenvalue weighted by Gasteiger charge is 2.42. The van der Waals surface area contributed by atoms with Gasteiger partial charge in [-0.1, -0.05) is 72.8 Å². The Kier molecular flexibility index (Phi) is 6.70. The van der Waals surface area contributed by atoms with Crippen LogP contribution < -0.4 is 4.74 Å². The van der Waals surface area contributed by atoms with Gasteiger partial charge in [-0.15, -0.1) is 0 Å². The van der Waals surface area contributed by atoms with E-state index in [1.165, 1.54) is 0 Å². The molecule has 7 nitrogen and oxygen atoms in total. The molecule has 3 aromatic carbocycles. The molecule has 1 saturated heterocycles. The van der Waals surface area contributed by atoms with Crippen molar-refractivity contribution in [1.82, 2.24) is 9.88 Å². The Hall–Kier alpha value is -3.94. The largest absolute Gasteiger partial charge is 0.482 e. The van der Waals surface area contributed by atoms with Crippen LogP contribution in [0.2, 0.25) is 0 Å². The standard InChI is InChI=1S/C31H30N2O5/c34-25-17-16-22-23(13-7-15-26(22)37-19-27(35)36)29(25)33-18-8-14-24(33)31-32-28(20-9-3-1-4-10-20)30(38-31)21-11-5-2-6-12-21/h1-7,9-13,15,24-25,29,34H,8,14,16-19H2,(H,35,36). The molecule has 0 bridgehead atoms. The van der Waals surface area contributed by atoms with E-state index in [9.17, 15) is 9.90 Å². The summed E-state index contributed by atoms with van der Waals surface area (Å²) in [6.45, 7) is 0.409. The maximum absolute atomic E-state index is 11.2. The molecular weight excluding hydrogens is 480 g/mol. The van der Waals surface area contributed by atoms with Crippen molar-refractivity contribution in [3.63, 3.8) is 0 Å². The lowest BCUT2D eigenvalue weighted by molar-refractivity contribution is -0.139. The lowest BCUT2D eigenvalue weighted by atomic mass is 9.84. The number of ether oxygens (including phenoxy) is 1. The second kappa shape index (κ2) is 10.4. The quantitative estimate of drug-likeness (QED) is 0.331. The average Bonchev–Trinajstić information content (AvgIpc) is 3.60. The van der Waals surface area contributed by atoms with E-state index in [4.69, 9.17) is 19.2 Å². The van der Waals surface area contributed by atoms with E-state index in [-0.39, 0.29) is 12.1 Å². The number of oxazole rings is 1. The fraction of sp³-hybridized carbons (Fsp3) is 0.290. The minimum atomic E-state index is -1.01. The maximum atomic E-state index is 11.2. The Balaban J connectivity index is 1.39. The number of hydrogen-bond acceptors (Lipinski definition) is 6. The molecular formula is C31H30N2O5. The van der Waals surface area contributed by atoms with Gasteiger partial charge in [-0.2, -0.15) is 0 Å². The summed E-state index contributed by atoms with van der Waals surface area (Å²) in [5.74, 6) is 0.957. The van der Waals surface area contributed by atoms with Crippen LogP contribution >= 0.6 is 0 Å². The molecule has 1 fully saturated rings. The number of rotatable bonds is 7. The van der Waals surface area contributed by atoms with Crippen molar-refractivity contribution in [2.24, 2.45) is 0 Å². The first-order chi connectivity index (χ1) is 18.6. The second-order valence-corrected chi connectivity index (χ2v) is 9.91. The Morgan fingerprint density at radius 1 is 0.974 bits per heavy atom. The average molecular weight is 511 g/mol. The molecule has 6 rings (SSSR count). The summed E-state index contributed by atoms with van der Waals surface area (Å²) in [7, 11) is 0. The van der Waals surface area contributed by atoms with Gasteiger partial charge in [0.1, 0.15) is 11.4 Å². The van der Waals surface area contributed by atoms with E-state index in [1.807, 2.05) is 78.9 Å². The van der Waals surface area contributed by atoms with E-state index in [1.54, 1.807) is 0 Å². The van der Waals surface area contributed by atoms with E-state index in [0.29, 0.717) is 24.5 Å². The number of carboxylic acid groups (broad SMARTS) is 1. The molecule has 2 aliphatic rings. The number of carbonyl (C=O) groups is 1. The van der Waals surface area contributed by atoms with E-state index in [2.05, 4.69) is 4.90 Å². The lowest BCUT2D eigenvalue weighted by Gasteiger charge is -2.39. The van der Waals surface area contributed by atoms with E-state index in [0.717, 1.165) is 53.1 Å². The minimum absolute atomic E-state index is 0.0934. The van der Waals surface area contributed by atoms with Crippen LogP contribution in [0.4, 0.5) is 0 Å². The molecule has 2 N–H and O–H groups in total. The van der Waals surface area contributed by atoms with Gasteiger partial charge in [0.15, 0.2) is 12.4 Å². The molecule has 0 radical (unpaired) electrons. The van der Waals surface area contributed by atoms with Gasteiger partial charge in [0, 0.05) is 11.1 Å². The van der Waals surface area contributed by atoms with Crippen LogP contribution in [-0.4, -0.2) is 45.3 Å². The van der Waals surface area contributed by atoms with Crippen molar-refractivity contribution in [3.05, 3.63) is 95.9 Å². The second-order valence-electron chi connectivity index (χ2n) is 9.91. The summed E-state index contributed by atoms with van der Waals surface area (Å²) in [6.07, 6.45) is 2.48. The molecule has 3 atom stereocenters. The molecule has 0 saturated carbocycles. The molecule has 2 heterocycles. The number of fused-ring (bicyclic) bond motifs is 1. The highest BCUT2D eigenvalue weighted by atomic mass is 16.5. The van der Waals surface area contributed by atoms with Gasteiger partial charge >= 0.3 is 5.97 Å².